The first kappa shape index (κ1) is 24.3. The zero-order chi connectivity index (χ0) is 25.7. The van der Waals surface area contributed by atoms with Crippen LogP contribution >= 0.6 is 11.3 Å². The highest BCUT2D eigenvalue weighted by atomic mass is 32.1. The van der Waals surface area contributed by atoms with E-state index in [4.69, 9.17) is 0 Å². The molecule has 5 rings (SSSR count). The monoisotopic (exact) mass is 519 g/mol. The van der Waals surface area contributed by atoms with Crippen LogP contribution in [-0.4, -0.2) is 50.0 Å². The van der Waals surface area contributed by atoms with Crippen LogP contribution in [0.5, 0.6) is 5.75 Å². The second-order valence-corrected chi connectivity index (χ2v) is 10.2. The molecule has 12 heteroatoms. The second kappa shape index (κ2) is 9.23. The average Bonchev–Trinajstić information content (AvgIpc) is 3.20. The molecule has 0 spiro atoms. The van der Waals surface area contributed by atoms with E-state index in [0.717, 1.165) is 30.6 Å². The minimum Gasteiger partial charge on any atom is -0.502 e. The number of hydrogen-bond acceptors (Lipinski definition) is 7. The Labute approximate surface area is 208 Å². The quantitative estimate of drug-likeness (QED) is 0.566. The van der Waals surface area contributed by atoms with Crippen LogP contribution in [0.1, 0.15) is 54.2 Å². The van der Waals surface area contributed by atoms with Gasteiger partial charge in [0.1, 0.15) is 28.6 Å². The number of carbonyl (C=O) groups is 1. The lowest BCUT2D eigenvalue weighted by atomic mass is 10.1. The molecule has 2 aromatic heterocycles. The van der Waals surface area contributed by atoms with Crippen molar-refractivity contribution in [3.8, 4) is 16.3 Å². The summed E-state index contributed by atoms with van der Waals surface area (Å²) in [6.45, 7) is 5.02. The summed E-state index contributed by atoms with van der Waals surface area (Å²) >= 11 is 0.928. The van der Waals surface area contributed by atoms with Gasteiger partial charge >= 0.3 is 0 Å². The molecule has 4 heterocycles. The number of carbonyl (C=O) groups excluding carboxylic acids is 1. The van der Waals surface area contributed by atoms with Crippen molar-refractivity contribution in [2.45, 2.75) is 45.7 Å². The molecule has 1 fully saturated rings. The fraction of sp³-hybridized carbons (Fsp3) is 0.417. The van der Waals surface area contributed by atoms with Crippen LogP contribution in [0, 0.1) is 23.4 Å². The van der Waals surface area contributed by atoms with Crippen molar-refractivity contribution in [1.29, 1.82) is 0 Å². The van der Waals surface area contributed by atoms with Gasteiger partial charge in [0.25, 0.3) is 5.91 Å². The van der Waals surface area contributed by atoms with E-state index < -0.39 is 34.5 Å². The van der Waals surface area contributed by atoms with Crippen molar-refractivity contribution in [3.63, 3.8) is 0 Å². The van der Waals surface area contributed by atoms with Crippen LogP contribution in [0.3, 0.4) is 0 Å². The number of halogens is 3. The number of amides is 1. The molecule has 36 heavy (non-hydrogen) atoms. The fourth-order valence-corrected chi connectivity index (χ4v) is 5.83. The van der Waals surface area contributed by atoms with E-state index in [9.17, 15) is 27.9 Å². The summed E-state index contributed by atoms with van der Waals surface area (Å²) in [5, 5.41) is 21.1. The highest BCUT2D eigenvalue weighted by Gasteiger charge is 2.41. The summed E-state index contributed by atoms with van der Waals surface area (Å²) < 4.78 is 43.0. The highest BCUT2D eigenvalue weighted by Crippen LogP contribution is 2.33. The lowest BCUT2D eigenvalue weighted by Crippen LogP contribution is -2.61. The third-order valence-electron chi connectivity index (χ3n) is 6.74. The normalized spacial score (nSPS) is 19.8. The van der Waals surface area contributed by atoms with E-state index in [1.54, 1.807) is 9.58 Å². The van der Waals surface area contributed by atoms with Crippen LogP contribution in [0.2, 0.25) is 0 Å². The Hall–Kier alpha value is -3.41. The molecule has 2 aliphatic rings. The van der Waals surface area contributed by atoms with Crippen molar-refractivity contribution in [2.75, 3.05) is 18.1 Å². The topological polar surface area (TPSA) is 91.6 Å². The molecular weight excluding hydrogens is 495 g/mol. The average molecular weight is 520 g/mol. The summed E-state index contributed by atoms with van der Waals surface area (Å²) in [6, 6.07) is 1.17. The molecule has 2 atom stereocenters. The summed E-state index contributed by atoms with van der Waals surface area (Å²) in [4.78, 5) is 28.0. The van der Waals surface area contributed by atoms with Gasteiger partial charge in [0.15, 0.2) is 16.5 Å². The maximum absolute atomic E-state index is 14.1. The molecule has 0 saturated carbocycles. The van der Waals surface area contributed by atoms with Gasteiger partial charge < -0.3 is 10.0 Å². The first-order valence-corrected chi connectivity index (χ1v) is 12.5. The van der Waals surface area contributed by atoms with Gasteiger partial charge in [0.05, 0.1) is 5.56 Å². The maximum atomic E-state index is 14.1. The smallest absolute Gasteiger partial charge is 0.278 e. The SMILES string of the molecule is CCN1C(=O)c2c(O)c(=O)c(-c3nnc(Cc4c(F)cc(F)cc4F)s3)cn2N2C[C@@H](C)CCC[C@@H]12. The fourth-order valence-electron chi connectivity index (χ4n) is 4.97. The van der Waals surface area contributed by atoms with Crippen molar-refractivity contribution in [2.24, 2.45) is 5.92 Å². The van der Waals surface area contributed by atoms with E-state index in [1.807, 2.05) is 11.9 Å². The minimum absolute atomic E-state index is 0.0217. The van der Waals surface area contributed by atoms with Gasteiger partial charge in [-0.3, -0.25) is 19.3 Å². The van der Waals surface area contributed by atoms with Gasteiger partial charge in [-0.2, -0.15) is 0 Å². The molecule has 0 unspecified atom stereocenters. The number of nitrogens with zero attached hydrogens (tertiary/aromatic N) is 5. The van der Waals surface area contributed by atoms with Crippen LogP contribution in [0.25, 0.3) is 10.6 Å². The van der Waals surface area contributed by atoms with E-state index >= 15 is 0 Å². The predicted octanol–water partition coefficient (Wildman–Crippen LogP) is 3.64. The Bertz CT molecular complexity index is 1390. The maximum Gasteiger partial charge on any atom is 0.278 e. The third kappa shape index (κ3) is 4.02. The third-order valence-corrected chi connectivity index (χ3v) is 7.69. The molecule has 1 amide bonds. The number of pyridine rings is 1. The summed E-state index contributed by atoms with van der Waals surface area (Å²) in [6.07, 6.45) is 3.66. The summed E-state index contributed by atoms with van der Waals surface area (Å²) in [7, 11) is 0. The molecule has 3 aromatic rings. The highest BCUT2D eigenvalue weighted by molar-refractivity contribution is 7.14. The number of aromatic nitrogens is 3. The number of aromatic hydroxyl groups is 1. The zero-order valence-electron chi connectivity index (χ0n) is 19.7. The van der Waals surface area contributed by atoms with Gasteiger partial charge in [0, 0.05) is 43.4 Å². The molecule has 0 aliphatic carbocycles. The van der Waals surface area contributed by atoms with Crippen molar-refractivity contribution >= 4 is 17.2 Å². The van der Waals surface area contributed by atoms with Crippen LogP contribution in [-0.2, 0) is 6.42 Å². The molecule has 2 aliphatic heterocycles. The van der Waals surface area contributed by atoms with Gasteiger partial charge in [-0.25, -0.2) is 13.2 Å². The molecule has 0 radical (unpaired) electrons. The van der Waals surface area contributed by atoms with Crippen molar-refractivity contribution < 1.29 is 23.1 Å². The Balaban J connectivity index is 1.58. The van der Waals surface area contributed by atoms with E-state index in [-0.39, 0.29) is 39.4 Å². The van der Waals surface area contributed by atoms with E-state index in [0.29, 0.717) is 31.1 Å². The molecule has 1 aromatic carbocycles. The van der Waals surface area contributed by atoms with Gasteiger partial charge in [-0.15, -0.1) is 10.2 Å². The predicted molar refractivity (Wildman–Crippen MR) is 127 cm³/mol. The number of hydrogen-bond donors (Lipinski definition) is 1. The van der Waals surface area contributed by atoms with Gasteiger partial charge in [-0.05, 0) is 32.1 Å². The molecule has 190 valence electrons. The Kier molecular flexibility index (Phi) is 6.23. The number of benzene rings is 1. The molecule has 1 N–H and O–H groups in total. The summed E-state index contributed by atoms with van der Waals surface area (Å²) in [5.74, 6) is -3.89. The largest absolute Gasteiger partial charge is 0.502 e. The lowest BCUT2D eigenvalue weighted by molar-refractivity contribution is 0.0572. The van der Waals surface area contributed by atoms with Gasteiger partial charge in [-0.1, -0.05) is 18.3 Å². The Morgan fingerprint density at radius 2 is 1.86 bits per heavy atom. The molecule has 0 bridgehead atoms. The number of fused-ring (bicyclic) bond motifs is 3. The molecule has 8 nitrogen and oxygen atoms in total. The van der Waals surface area contributed by atoms with E-state index in [2.05, 4.69) is 17.1 Å². The van der Waals surface area contributed by atoms with Crippen LogP contribution < -0.4 is 10.4 Å². The Morgan fingerprint density at radius 3 is 2.56 bits per heavy atom. The summed E-state index contributed by atoms with van der Waals surface area (Å²) in [5.41, 5.74) is -1.23. The zero-order valence-corrected chi connectivity index (χ0v) is 20.5. The van der Waals surface area contributed by atoms with Crippen molar-refractivity contribution in [3.05, 3.63) is 62.3 Å². The first-order valence-electron chi connectivity index (χ1n) is 11.7. The first-order chi connectivity index (χ1) is 17.2. The second-order valence-electron chi connectivity index (χ2n) is 9.17. The van der Waals surface area contributed by atoms with E-state index in [1.165, 1.54) is 6.20 Å². The molecule has 1 saturated heterocycles. The van der Waals surface area contributed by atoms with Gasteiger partial charge in [0.2, 0.25) is 5.43 Å². The van der Waals surface area contributed by atoms with Crippen LogP contribution in [0.15, 0.2) is 23.1 Å². The van der Waals surface area contributed by atoms with Crippen LogP contribution in [0.4, 0.5) is 13.2 Å². The van der Waals surface area contributed by atoms with Crippen molar-refractivity contribution in [1.82, 2.24) is 19.8 Å². The lowest BCUT2D eigenvalue weighted by Gasteiger charge is -2.46. The molecular formula is C24H24F3N5O3S. The number of rotatable bonds is 4. The minimum atomic E-state index is -1.05. The standard InChI is InChI=1S/C24H24F3N5O3S/c1-3-30-19-6-4-5-12(2)10-31(19)32-11-15(21(33)22(34)20(32)24(30)35)23-29-28-18(36-23)9-14-16(26)7-13(25)8-17(14)27/h7-8,11-12,19,34H,3-6,9-10H2,1-2H3/t12-,19-/m0/s1. The Morgan fingerprint density at radius 1 is 1.14 bits per heavy atom.